The first kappa shape index (κ1) is 10.0. The fourth-order valence-electron chi connectivity index (χ4n) is 1.13. The molecular weight excluding hydrogens is 166 g/mol. The zero-order valence-electron chi connectivity index (χ0n) is 7.95. The van der Waals surface area contributed by atoms with Gasteiger partial charge >= 0.3 is 0 Å². The summed E-state index contributed by atoms with van der Waals surface area (Å²) in [5.41, 5.74) is 3.67. The Balaban J connectivity index is 2.65. The predicted molar refractivity (Wildman–Crippen MR) is 51.3 cm³/mol. The van der Waals surface area contributed by atoms with Crippen molar-refractivity contribution in [1.82, 2.24) is 5.48 Å². The summed E-state index contributed by atoms with van der Waals surface area (Å²) < 4.78 is 0. The van der Waals surface area contributed by atoms with Gasteiger partial charge in [0.05, 0.1) is 12.6 Å². The number of hydroxylamine groups is 1. The largest absolute Gasteiger partial charge is 0.508 e. The van der Waals surface area contributed by atoms with Crippen molar-refractivity contribution in [3.8, 4) is 5.75 Å². The van der Waals surface area contributed by atoms with Crippen LogP contribution in [0.15, 0.2) is 24.3 Å². The van der Waals surface area contributed by atoms with E-state index in [9.17, 15) is 5.11 Å². The molecule has 1 unspecified atom stereocenters. The minimum absolute atomic E-state index is 0.00106. The van der Waals surface area contributed by atoms with E-state index >= 15 is 0 Å². The number of phenols is 1. The van der Waals surface area contributed by atoms with Crippen LogP contribution < -0.4 is 5.48 Å². The first-order chi connectivity index (χ1) is 6.25. The second-order valence-electron chi connectivity index (χ2n) is 2.83. The lowest BCUT2D eigenvalue weighted by atomic mass is 10.1. The average Bonchev–Trinajstić information content (AvgIpc) is 2.15. The van der Waals surface area contributed by atoms with E-state index in [2.05, 4.69) is 5.48 Å². The molecule has 13 heavy (non-hydrogen) atoms. The molecule has 0 fully saturated rings. The average molecular weight is 181 g/mol. The van der Waals surface area contributed by atoms with E-state index in [0.29, 0.717) is 12.4 Å². The van der Waals surface area contributed by atoms with Crippen molar-refractivity contribution in [2.75, 3.05) is 6.61 Å². The van der Waals surface area contributed by atoms with Gasteiger partial charge in [-0.3, -0.25) is 0 Å². The minimum Gasteiger partial charge on any atom is -0.508 e. The quantitative estimate of drug-likeness (QED) is 0.698. The first-order valence-corrected chi connectivity index (χ1v) is 4.41. The number of benzene rings is 1. The van der Waals surface area contributed by atoms with Gasteiger partial charge in [-0.25, -0.2) is 0 Å². The summed E-state index contributed by atoms with van der Waals surface area (Å²) in [5.74, 6) is 0.294. The molecule has 1 rings (SSSR count). The molecule has 0 amide bonds. The van der Waals surface area contributed by atoms with Crippen LogP contribution in [-0.2, 0) is 4.84 Å². The van der Waals surface area contributed by atoms with E-state index in [1.165, 1.54) is 0 Å². The summed E-state index contributed by atoms with van der Waals surface area (Å²) in [4.78, 5) is 5.04. The third-order valence-corrected chi connectivity index (χ3v) is 1.81. The van der Waals surface area contributed by atoms with Gasteiger partial charge in [-0.2, -0.15) is 5.48 Å². The van der Waals surface area contributed by atoms with Gasteiger partial charge in [0.2, 0.25) is 0 Å². The third-order valence-electron chi connectivity index (χ3n) is 1.81. The standard InChI is InChI=1S/C10H15NO2/c1-3-13-11-8(2)9-6-4-5-7-10(9)12/h4-8,11-12H,3H2,1-2H3. The van der Waals surface area contributed by atoms with E-state index in [4.69, 9.17) is 4.84 Å². The highest BCUT2D eigenvalue weighted by Gasteiger charge is 2.08. The van der Waals surface area contributed by atoms with Crippen LogP contribution in [0.2, 0.25) is 0 Å². The van der Waals surface area contributed by atoms with Gasteiger partial charge in [0.15, 0.2) is 0 Å². The van der Waals surface area contributed by atoms with Crippen LogP contribution in [0.1, 0.15) is 25.5 Å². The summed E-state index contributed by atoms with van der Waals surface area (Å²) in [6.45, 7) is 4.45. The number of aromatic hydroxyl groups is 1. The van der Waals surface area contributed by atoms with Gasteiger partial charge < -0.3 is 9.94 Å². The van der Waals surface area contributed by atoms with Gasteiger partial charge in [-0.05, 0) is 19.9 Å². The normalized spacial score (nSPS) is 12.8. The number of para-hydroxylation sites is 1. The molecule has 0 radical (unpaired) electrons. The number of nitrogens with one attached hydrogen (secondary N) is 1. The minimum atomic E-state index is 0.00106. The van der Waals surface area contributed by atoms with E-state index in [1.54, 1.807) is 12.1 Å². The molecule has 2 N–H and O–H groups in total. The summed E-state index contributed by atoms with van der Waals surface area (Å²) in [6, 6.07) is 7.22. The van der Waals surface area contributed by atoms with Crippen molar-refractivity contribution in [3.63, 3.8) is 0 Å². The number of rotatable bonds is 4. The Morgan fingerprint density at radius 1 is 1.46 bits per heavy atom. The maximum atomic E-state index is 9.48. The monoisotopic (exact) mass is 181 g/mol. The molecule has 0 saturated carbocycles. The van der Waals surface area contributed by atoms with E-state index in [0.717, 1.165) is 5.56 Å². The van der Waals surface area contributed by atoms with Gasteiger partial charge in [0.25, 0.3) is 0 Å². The Kier molecular flexibility index (Phi) is 3.73. The molecule has 0 aliphatic heterocycles. The van der Waals surface area contributed by atoms with Crippen molar-refractivity contribution in [1.29, 1.82) is 0 Å². The van der Waals surface area contributed by atoms with Gasteiger partial charge in [-0.1, -0.05) is 18.2 Å². The molecule has 3 nitrogen and oxygen atoms in total. The number of phenolic OH excluding ortho intramolecular Hbond substituents is 1. The topological polar surface area (TPSA) is 41.5 Å². The smallest absolute Gasteiger partial charge is 0.120 e. The van der Waals surface area contributed by atoms with Crippen LogP contribution in [0.5, 0.6) is 5.75 Å². The summed E-state index contributed by atoms with van der Waals surface area (Å²) in [5, 5.41) is 9.48. The Hall–Kier alpha value is -1.06. The van der Waals surface area contributed by atoms with Crippen LogP contribution in [0.25, 0.3) is 0 Å². The molecule has 0 aromatic heterocycles. The summed E-state index contributed by atoms with van der Waals surface area (Å²) >= 11 is 0. The van der Waals surface area contributed by atoms with Crippen molar-refractivity contribution >= 4 is 0 Å². The van der Waals surface area contributed by atoms with Crippen LogP contribution in [-0.4, -0.2) is 11.7 Å². The molecule has 0 aliphatic carbocycles. The van der Waals surface area contributed by atoms with Crippen LogP contribution in [0.3, 0.4) is 0 Å². The first-order valence-electron chi connectivity index (χ1n) is 4.41. The van der Waals surface area contributed by atoms with Crippen molar-refractivity contribution in [2.24, 2.45) is 0 Å². The highest BCUT2D eigenvalue weighted by molar-refractivity contribution is 5.33. The fraction of sp³-hybridized carbons (Fsp3) is 0.400. The van der Waals surface area contributed by atoms with Crippen LogP contribution >= 0.6 is 0 Å². The molecule has 3 heteroatoms. The molecule has 0 aliphatic rings. The second kappa shape index (κ2) is 4.84. The van der Waals surface area contributed by atoms with Crippen molar-refractivity contribution < 1.29 is 9.94 Å². The zero-order chi connectivity index (χ0) is 9.68. The lowest BCUT2D eigenvalue weighted by Gasteiger charge is -2.14. The Bertz CT molecular complexity index is 263. The lowest BCUT2D eigenvalue weighted by Crippen LogP contribution is -2.18. The van der Waals surface area contributed by atoms with E-state index < -0.39 is 0 Å². The zero-order valence-corrected chi connectivity index (χ0v) is 7.95. The lowest BCUT2D eigenvalue weighted by molar-refractivity contribution is 0.0280. The van der Waals surface area contributed by atoms with Crippen LogP contribution in [0.4, 0.5) is 0 Å². The summed E-state index contributed by atoms with van der Waals surface area (Å²) in [6.07, 6.45) is 0. The van der Waals surface area contributed by atoms with Gasteiger partial charge in [-0.15, -0.1) is 0 Å². The molecule has 1 aromatic carbocycles. The maximum absolute atomic E-state index is 9.48. The third kappa shape index (κ3) is 2.72. The maximum Gasteiger partial charge on any atom is 0.120 e. The number of hydrogen-bond donors (Lipinski definition) is 2. The molecule has 0 spiro atoms. The van der Waals surface area contributed by atoms with E-state index in [-0.39, 0.29) is 6.04 Å². The molecule has 1 aromatic rings. The predicted octanol–water partition coefficient (Wildman–Crippen LogP) is 1.99. The highest BCUT2D eigenvalue weighted by atomic mass is 16.6. The molecule has 72 valence electrons. The molecule has 0 bridgehead atoms. The van der Waals surface area contributed by atoms with Gasteiger partial charge in [0.1, 0.15) is 5.75 Å². The number of hydrogen-bond acceptors (Lipinski definition) is 3. The molecule has 1 atom stereocenters. The Labute approximate surface area is 78.3 Å². The Morgan fingerprint density at radius 3 is 2.77 bits per heavy atom. The molecule has 0 saturated heterocycles. The van der Waals surface area contributed by atoms with E-state index in [1.807, 2.05) is 26.0 Å². The second-order valence-corrected chi connectivity index (χ2v) is 2.83. The molecule has 0 heterocycles. The Morgan fingerprint density at radius 2 is 2.15 bits per heavy atom. The highest BCUT2D eigenvalue weighted by Crippen LogP contribution is 2.22. The van der Waals surface area contributed by atoms with Crippen LogP contribution in [0, 0.1) is 0 Å². The van der Waals surface area contributed by atoms with Crippen molar-refractivity contribution in [2.45, 2.75) is 19.9 Å². The van der Waals surface area contributed by atoms with Crippen molar-refractivity contribution in [3.05, 3.63) is 29.8 Å². The molecular formula is C10H15NO2. The van der Waals surface area contributed by atoms with Gasteiger partial charge in [0, 0.05) is 5.56 Å². The summed E-state index contributed by atoms with van der Waals surface area (Å²) in [7, 11) is 0. The SMILES string of the molecule is CCONC(C)c1ccccc1O. The fourth-order valence-corrected chi connectivity index (χ4v) is 1.13.